The number of nitrogens with zero attached hydrogens (tertiary/aromatic N) is 4. The molecule has 6 nitrogen and oxygen atoms in total. The number of anilines is 3. The standard InChI is InChI=1S/C23H29N5O/c1-4-26(5-2)21-10-11-22(18(3)16-21)25-23(29)28-14-12-27(13-15-28)20-8-6-19(17-24)7-9-20/h6-11,16H,4-5,12-15H2,1-3H3,(H,25,29). The molecule has 1 saturated heterocycles. The molecule has 152 valence electrons. The minimum atomic E-state index is -0.0526. The SMILES string of the molecule is CCN(CC)c1ccc(NC(=O)N2CCN(c3ccc(C#N)cc3)CC2)c(C)c1. The first-order chi connectivity index (χ1) is 14.0. The highest BCUT2D eigenvalue weighted by Crippen LogP contribution is 2.23. The lowest BCUT2D eigenvalue weighted by atomic mass is 10.1. The molecule has 0 bridgehead atoms. The fraction of sp³-hybridized carbons (Fsp3) is 0.391. The molecule has 0 spiro atoms. The number of hydrogen-bond acceptors (Lipinski definition) is 4. The predicted octanol–water partition coefficient (Wildman–Crippen LogP) is 4.07. The smallest absolute Gasteiger partial charge is 0.321 e. The molecular formula is C23H29N5O. The first-order valence-corrected chi connectivity index (χ1v) is 10.2. The van der Waals surface area contributed by atoms with Gasteiger partial charge in [-0.2, -0.15) is 5.26 Å². The molecule has 0 unspecified atom stereocenters. The van der Waals surface area contributed by atoms with E-state index in [1.165, 1.54) is 5.69 Å². The number of piperazine rings is 1. The van der Waals surface area contributed by atoms with Crippen LogP contribution < -0.4 is 15.1 Å². The maximum absolute atomic E-state index is 12.7. The van der Waals surface area contributed by atoms with Crippen molar-refractivity contribution < 1.29 is 4.79 Å². The fourth-order valence-electron chi connectivity index (χ4n) is 3.68. The van der Waals surface area contributed by atoms with E-state index in [4.69, 9.17) is 5.26 Å². The minimum absolute atomic E-state index is 0.0526. The fourth-order valence-corrected chi connectivity index (χ4v) is 3.68. The molecule has 2 amide bonds. The molecule has 0 radical (unpaired) electrons. The van der Waals surface area contributed by atoms with Crippen molar-refractivity contribution in [2.24, 2.45) is 0 Å². The molecule has 6 heteroatoms. The zero-order valence-corrected chi connectivity index (χ0v) is 17.5. The monoisotopic (exact) mass is 391 g/mol. The van der Waals surface area contributed by atoms with Crippen LogP contribution in [0.15, 0.2) is 42.5 Å². The van der Waals surface area contributed by atoms with Crippen LogP contribution >= 0.6 is 0 Å². The van der Waals surface area contributed by atoms with E-state index >= 15 is 0 Å². The van der Waals surface area contributed by atoms with Crippen LogP contribution in [-0.4, -0.2) is 50.2 Å². The van der Waals surface area contributed by atoms with Crippen molar-refractivity contribution in [3.8, 4) is 6.07 Å². The van der Waals surface area contributed by atoms with Crippen molar-refractivity contribution in [2.45, 2.75) is 20.8 Å². The lowest BCUT2D eigenvalue weighted by Gasteiger charge is -2.36. The summed E-state index contributed by atoms with van der Waals surface area (Å²) < 4.78 is 0. The minimum Gasteiger partial charge on any atom is -0.372 e. The summed E-state index contributed by atoms with van der Waals surface area (Å²) in [6.07, 6.45) is 0. The number of rotatable bonds is 5. The Morgan fingerprint density at radius 2 is 1.72 bits per heavy atom. The summed E-state index contributed by atoms with van der Waals surface area (Å²) in [7, 11) is 0. The summed E-state index contributed by atoms with van der Waals surface area (Å²) in [6.45, 7) is 11.1. The molecule has 1 aliphatic heterocycles. The Morgan fingerprint density at radius 3 is 2.28 bits per heavy atom. The molecule has 1 N–H and O–H groups in total. The number of benzene rings is 2. The second kappa shape index (κ2) is 9.33. The maximum Gasteiger partial charge on any atom is 0.321 e. The highest BCUT2D eigenvalue weighted by Gasteiger charge is 2.22. The number of hydrogen-bond donors (Lipinski definition) is 1. The molecule has 3 rings (SSSR count). The summed E-state index contributed by atoms with van der Waals surface area (Å²) in [4.78, 5) is 19.1. The zero-order chi connectivity index (χ0) is 20.8. The van der Waals surface area contributed by atoms with Crippen molar-refractivity contribution >= 4 is 23.1 Å². The van der Waals surface area contributed by atoms with Crippen LogP contribution in [0.2, 0.25) is 0 Å². The Kier molecular flexibility index (Phi) is 6.61. The number of amides is 2. The van der Waals surface area contributed by atoms with Gasteiger partial charge < -0.3 is 20.0 Å². The van der Waals surface area contributed by atoms with Crippen LogP contribution in [0.1, 0.15) is 25.0 Å². The van der Waals surface area contributed by atoms with Crippen molar-refractivity contribution in [2.75, 3.05) is 54.4 Å². The normalized spacial score (nSPS) is 13.7. The quantitative estimate of drug-likeness (QED) is 0.835. The lowest BCUT2D eigenvalue weighted by molar-refractivity contribution is 0.208. The van der Waals surface area contributed by atoms with Gasteiger partial charge in [0.1, 0.15) is 0 Å². The summed E-state index contributed by atoms with van der Waals surface area (Å²) in [5, 5.41) is 12.0. The van der Waals surface area contributed by atoms with Gasteiger partial charge in [0, 0.05) is 56.3 Å². The van der Waals surface area contributed by atoms with Crippen molar-refractivity contribution in [1.29, 1.82) is 5.26 Å². The third-order valence-corrected chi connectivity index (χ3v) is 5.51. The number of carbonyl (C=O) groups is 1. The lowest BCUT2D eigenvalue weighted by Crippen LogP contribution is -2.50. The molecule has 0 aromatic heterocycles. The summed E-state index contributed by atoms with van der Waals surface area (Å²) in [6, 6.07) is 15.9. The third kappa shape index (κ3) is 4.80. The Labute approximate surface area is 173 Å². The molecule has 1 heterocycles. The van der Waals surface area contributed by atoms with Gasteiger partial charge in [-0.05, 0) is 68.8 Å². The maximum atomic E-state index is 12.7. The van der Waals surface area contributed by atoms with Gasteiger partial charge in [-0.1, -0.05) is 0 Å². The Morgan fingerprint density at radius 1 is 1.07 bits per heavy atom. The average molecular weight is 392 g/mol. The van der Waals surface area contributed by atoms with Crippen LogP contribution in [0.4, 0.5) is 21.9 Å². The van der Waals surface area contributed by atoms with Gasteiger partial charge in [0.2, 0.25) is 0 Å². The number of urea groups is 1. The van der Waals surface area contributed by atoms with Gasteiger partial charge in [-0.3, -0.25) is 0 Å². The molecule has 0 saturated carbocycles. The van der Waals surface area contributed by atoms with Crippen molar-refractivity contribution in [3.63, 3.8) is 0 Å². The van der Waals surface area contributed by atoms with Crippen LogP contribution in [-0.2, 0) is 0 Å². The molecule has 0 atom stereocenters. The van der Waals surface area contributed by atoms with Crippen LogP contribution in [0, 0.1) is 18.3 Å². The molecule has 29 heavy (non-hydrogen) atoms. The summed E-state index contributed by atoms with van der Waals surface area (Å²) >= 11 is 0. The van der Waals surface area contributed by atoms with Gasteiger partial charge in [0.15, 0.2) is 0 Å². The van der Waals surface area contributed by atoms with E-state index in [9.17, 15) is 4.79 Å². The van der Waals surface area contributed by atoms with E-state index in [1.807, 2.05) is 42.2 Å². The second-order valence-corrected chi connectivity index (χ2v) is 7.23. The Bertz CT molecular complexity index is 875. The number of carbonyl (C=O) groups excluding carboxylic acids is 1. The molecular weight excluding hydrogens is 362 g/mol. The largest absolute Gasteiger partial charge is 0.372 e. The van der Waals surface area contributed by atoms with E-state index in [0.29, 0.717) is 18.7 Å². The van der Waals surface area contributed by atoms with E-state index in [2.05, 4.69) is 47.2 Å². The van der Waals surface area contributed by atoms with E-state index < -0.39 is 0 Å². The number of nitriles is 1. The average Bonchev–Trinajstić information content (AvgIpc) is 2.76. The predicted molar refractivity (Wildman–Crippen MR) is 119 cm³/mol. The van der Waals surface area contributed by atoms with Crippen LogP contribution in [0.3, 0.4) is 0 Å². The van der Waals surface area contributed by atoms with Gasteiger partial charge >= 0.3 is 6.03 Å². The van der Waals surface area contributed by atoms with Crippen LogP contribution in [0.25, 0.3) is 0 Å². The third-order valence-electron chi connectivity index (χ3n) is 5.51. The summed E-state index contributed by atoms with van der Waals surface area (Å²) in [5.41, 5.74) is 4.86. The number of nitrogens with one attached hydrogen (secondary N) is 1. The van der Waals surface area contributed by atoms with E-state index in [0.717, 1.165) is 43.1 Å². The van der Waals surface area contributed by atoms with Crippen molar-refractivity contribution in [3.05, 3.63) is 53.6 Å². The molecule has 2 aromatic carbocycles. The zero-order valence-electron chi connectivity index (χ0n) is 17.5. The Balaban J connectivity index is 1.57. The van der Waals surface area contributed by atoms with Gasteiger partial charge in [-0.25, -0.2) is 4.79 Å². The van der Waals surface area contributed by atoms with Gasteiger partial charge in [0.25, 0.3) is 0 Å². The van der Waals surface area contributed by atoms with E-state index in [1.54, 1.807) is 0 Å². The van der Waals surface area contributed by atoms with Crippen LogP contribution in [0.5, 0.6) is 0 Å². The molecule has 0 aliphatic carbocycles. The highest BCUT2D eigenvalue weighted by atomic mass is 16.2. The first kappa shape index (κ1) is 20.5. The van der Waals surface area contributed by atoms with Crippen molar-refractivity contribution in [1.82, 2.24) is 4.90 Å². The molecule has 1 fully saturated rings. The number of aryl methyl sites for hydroxylation is 1. The Hall–Kier alpha value is -3.20. The van der Waals surface area contributed by atoms with Gasteiger partial charge in [-0.15, -0.1) is 0 Å². The van der Waals surface area contributed by atoms with Gasteiger partial charge in [0.05, 0.1) is 11.6 Å². The summed E-state index contributed by atoms with van der Waals surface area (Å²) in [5.74, 6) is 0. The second-order valence-electron chi connectivity index (χ2n) is 7.23. The molecule has 1 aliphatic rings. The highest BCUT2D eigenvalue weighted by molar-refractivity contribution is 5.90. The molecule has 2 aromatic rings. The first-order valence-electron chi connectivity index (χ1n) is 10.2. The topological polar surface area (TPSA) is 62.6 Å². The van der Waals surface area contributed by atoms with E-state index in [-0.39, 0.29) is 6.03 Å².